The summed E-state index contributed by atoms with van der Waals surface area (Å²) in [7, 11) is 3.04. The molecule has 0 aliphatic heterocycles. The van der Waals surface area contributed by atoms with Crippen LogP contribution in [-0.4, -0.2) is 67.5 Å². The number of ether oxygens (including phenoxy) is 2. The summed E-state index contributed by atoms with van der Waals surface area (Å²) in [5, 5.41) is 24.8. The predicted octanol–water partition coefficient (Wildman–Crippen LogP) is 1.24. The zero-order valence-electron chi connectivity index (χ0n) is 19.7. The van der Waals surface area contributed by atoms with E-state index < -0.39 is 46.7 Å². The zero-order chi connectivity index (χ0) is 23.8. The van der Waals surface area contributed by atoms with Crippen LogP contribution in [0.15, 0.2) is 11.6 Å². The van der Waals surface area contributed by atoms with Crippen molar-refractivity contribution in [2.45, 2.75) is 58.7 Å². The number of ketones is 1. The fraction of sp³-hybridized carbons (Fsp3) is 0.792. The monoisotopic (exact) mass is 451 g/mol. The Labute approximate surface area is 189 Å². The SMILES string of the molecule is CNCCOC(=O)C=C1CC[C@H]2[C@H]([C@H]1C)[C@@H](O)C(=O)[C@@H]1[C@]2(C)CC[C@H](O)[C@]1(C)C(=O)OC. The van der Waals surface area contributed by atoms with Gasteiger partial charge in [0.15, 0.2) is 5.78 Å². The number of esters is 2. The molecule has 3 fully saturated rings. The Morgan fingerprint density at radius 2 is 1.94 bits per heavy atom. The van der Waals surface area contributed by atoms with E-state index in [1.165, 1.54) is 13.2 Å². The van der Waals surface area contributed by atoms with Crippen LogP contribution >= 0.6 is 0 Å². The molecule has 3 aliphatic carbocycles. The normalized spacial score (nSPS) is 42.7. The van der Waals surface area contributed by atoms with E-state index in [1.54, 1.807) is 14.0 Å². The highest BCUT2D eigenvalue weighted by Gasteiger charge is 2.68. The molecule has 0 spiro atoms. The molecule has 0 unspecified atom stereocenters. The summed E-state index contributed by atoms with van der Waals surface area (Å²) in [5.41, 5.74) is -1.08. The molecule has 3 aliphatic rings. The van der Waals surface area contributed by atoms with Crippen molar-refractivity contribution in [3.05, 3.63) is 11.6 Å². The maximum atomic E-state index is 13.6. The van der Waals surface area contributed by atoms with Gasteiger partial charge in [0.25, 0.3) is 0 Å². The summed E-state index contributed by atoms with van der Waals surface area (Å²) in [6.07, 6.45) is 1.55. The van der Waals surface area contributed by atoms with E-state index in [9.17, 15) is 24.6 Å². The molecule has 0 bridgehead atoms. The molecule has 180 valence electrons. The second-order valence-electron chi connectivity index (χ2n) is 10.1. The van der Waals surface area contributed by atoms with Crippen molar-refractivity contribution in [3.8, 4) is 0 Å². The number of methoxy groups -OCH3 is 1. The number of hydrogen-bond acceptors (Lipinski definition) is 8. The summed E-state index contributed by atoms with van der Waals surface area (Å²) in [4.78, 5) is 38.6. The van der Waals surface area contributed by atoms with Crippen LogP contribution in [0.1, 0.15) is 46.5 Å². The van der Waals surface area contributed by atoms with Crippen molar-refractivity contribution in [2.24, 2.45) is 34.5 Å². The number of aliphatic hydroxyl groups excluding tert-OH is 2. The van der Waals surface area contributed by atoms with Gasteiger partial charge in [-0.3, -0.25) is 9.59 Å². The first-order valence-electron chi connectivity index (χ1n) is 11.5. The number of allylic oxidation sites excluding steroid dienone is 1. The van der Waals surface area contributed by atoms with Crippen LogP contribution in [0.2, 0.25) is 0 Å². The number of Topliss-reactive ketones (excluding diaryl/α,β-unsaturated/α-hetero) is 1. The van der Waals surface area contributed by atoms with Gasteiger partial charge in [-0.2, -0.15) is 0 Å². The van der Waals surface area contributed by atoms with E-state index in [0.717, 1.165) is 5.57 Å². The van der Waals surface area contributed by atoms with E-state index in [0.29, 0.717) is 32.2 Å². The van der Waals surface area contributed by atoms with E-state index in [1.807, 2.05) is 13.8 Å². The van der Waals surface area contributed by atoms with E-state index in [2.05, 4.69) is 5.32 Å². The lowest BCUT2D eigenvalue weighted by Gasteiger charge is -2.62. The Kier molecular flexibility index (Phi) is 7.17. The van der Waals surface area contributed by atoms with Crippen LogP contribution in [0, 0.1) is 34.5 Å². The lowest BCUT2D eigenvalue weighted by Crippen LogP contribution is -2.68. The molecule has 0 radical (unpaired) electrons. The van der Waals surface area contributed by atoms with Gasteiger partial charge >= 0.3 is 11.9 Å². The Balaban J connectivity index is 1.93. The van der Waals surface area contributed by atoms with Crippen LogP contribution in [-0.2, 0) is 23.9 Å². The van der Waals surface area contributed by atoms with Gasteiger partial charge in [-0.25, -0.2) is 4.79 Å². The van der Waals surface area contributed by atoms with Gasteiger partial charge in [-0.1, -0.05) is 19.4 Å². The molecule has 0 aromatic rings. The topological polar surface area (TPSA) is 122 Å². The Bertz CT molecular complexity index is 795. The maximum absolute atomic E-state index is 13.6. The second kappa shape index (κ2) is 9.23. The fourth-order valence-electron chi connectivity index (χ4n) is 6.87. The van der Waals surface area contributed by atoms with Crippen LogP contribution in [0.4, 0.5) is 0 Å². The average molecular weight is 452 g/mol. The fourth-order valence-corrected chi connectivity index (χ4v) is 6.87. The summed E-state index contributed by atoms with van der Waals surface area (Å²) < 4.78 is 10.2. The van der Waals surface area contributed by atoms with Gasteiger partial charge in [0.2, 0.25) is 0 Å². The predicted molar refractivity (Wildman–Crippen MR) is 116 cm³/mol. The molecule has 0 aromatic carbocycles. The number of hydrogen-bond donors (Lipinski definition) is 3. The van der Waals surface area contributed by atoms with Gasteiger partial charge < -0.3 is 25.0 Å². The van der Waals surface area contributed by atoms with Crippen molar-refractivity contribution in [1.82, 2.24) is 5.32 Å². The molecule has 3 saturated carbocycles. The third kappa shape index (κ3) is 3.80. The lowest BCUT2D eigenvalue weighted by molar-refractivity contribution is -0.209. The number of nitrogens with one attached hydrogen (secondary N) is 1. The summed E-state index contributed by atoms with van der Waals surface area (Å²) in [6, 6.07) is 0. The van der Waals surface area contributed by atoms with Gasteiger partial charge in [0.05, 0.1) is 13.2 Å². The van der Waals surface area contributed by atoms with Gasteiger partial charge in [0.1, 0.15) is 18.1 Å². The molecule has 8 nitrogen and oxygen atoms in total. The second-order valence-corrected chi connectivity index (χ2v) is 10.1. The first-order chi connectivity index (χ1) is 15.0. The van der Waals surface area contributed by atoms with Crippen LogP contribution in [0.25, 0.3) is 0 Å². The van der Waals surface area contributed by atoms with Crippen LogP contribution in [0.5, 0.6) is 0 Å². The number of fused-ring (bicyclic) bond motifs is 3. The maximum Gasteiger partial charge on any atom is 0.330 e. The third-order valence-electron chi connectivity index (χ3n) is 8.59. The summed E-state index contributed by atoms with van der Waals surface area (Å²) >= 11 is 0. The van der Waals surface area contributed by atoms with E-state index in [-0.39, 0.29) is 24.4 Å². The van der Waals surface area contributed by atoms with Crippen molar-refractivity contribution < 1.29 is 34.1 Å². The van der Waals surface area contributed by atoms with Gasteiger partial charge in [0, 0.05) is 24.5 Å². The van der Waals surface area contributed by atoms with Crippen molar-refractivity contribution >= 4 is 17.7 Å². The molecule has 0 amide bonds. The summed E-state index contributed by atoms with van der Waals surface area (Å²) in [5.74, 6) is -2.83. The Morgan fingerprint density at radius 1 is 1.25 bits per heavy atom. The standard InChI is InChI=1S/C24H37NO7/c1-13-14(12-17(27)32-11-10-25-4)6-7-15-18(13)19(28)20(29)21-23(15,2)9-8-16(26)24(21,3)22(30)31-5/h12-13,15-16,18-19,21,25-26,28H,6-11H2,1-5H3/t13-,15-,16-,18-,19+,21+,23+,24-/m0/s1. The molecular weight excluding hydrogens is 414 g/mol. The molecule has 0 heterocycles. The largest absolute Gasteiger partial charge is 0.469 e. The molecule has 0 aromatic heterocycles. The Morgan fingerprint density at radius 3 is 2.56 bits per heavy atom. The van der Waals surface area contributed by atoms with Crippen LogP contribution in [0.3, 0.4) is 0 Å². The van der Waals surface area contributed by atoms with Crippen molar-refractivity contribution in [3.63, 3.8) is 0 Å². The van der Waals surface area contributed by atoms with E-state index >= 15 is 0 Å². The minimum atomic E-state index is -1.40. The molecule has 0 saturated heterocycles. The molecule has 8 heteroatoms. The lowest BCUT2D eigenvalue weighted by atomic mass is 9.41. The average Bonchev–Trinajstić information content (AvgIpc) is 2.76. The zero-order valence-corrected chi connectivity index (χ0v) is 19.7. The minimum Gasteiger partial charge on any atom is -0.469 e. The summed E-state index contributed by atoms with van der Waals surface area (Å²) in [6.45, 7) is 6.39. The molecule has 32 heavy (non-hydrogen) atoms. The first-order valence-corrected chi connectivity index (χ1v) is 11.5. The van der Waals surface area contributed by atoms with Gasteiger partial charge in [-0.15, -0.1) is 0 Å². The highest BCUT2D eigenvalue weighted by molar-refractivity contribution is 5.94. The highest BCUT2D eigenvalue weighted by Crippen LogP contribution is 2.64. The highest BCUT2D eigenvalue weighted by atomic mass is 16.5. The third-order valence-corrected chi connectivity index (χ3v) is 8.59. The molecule has 3 rings (SSSR count). The number of aliphatic hydroxyl groups is 2. The number of rotatable bonds is 5. The first kappa shape index (κ1) is 24.9. The minimum absolute atomic E-state index is 0.0239. The number of carbonyl (C=O) groups is 3. The van der Waals surface area contributed by atoms with Crippen molar-refractivity contribution in [2.75, 3.05) is 27.3 Å². The van der Waals surface area contributed by atoms with Crippen LogP contribution < -0.4 is 5.32 Å². The van der Waals surface area contributed by atoms with Crippen molar-refractivity contribution in [1.29, 1.82) is 0 Å². The quantitative estimate of drug-likeness (QED) is 0.324. The van der Waals surface area contributed by atoms with E-state index in [4.69, 9.17) is 9.47 Å². The number of likely N-dealkylation sites (N-methyl/N-ethyl adjacent to an activating group) is 1. The number of carbonyl (C=O) groups excluding carboxylic acids is 3. The Hall–Kier alpha value is -1.77. The molecule has 8 atom stereocenters. The molecule has 3 N–H and O–H groups in total. The van der Waals surface area contributed by atoms with Gasteiger partial charge in [-0.05, 0) is 56.9 Å². The molecular formula is C24H37NO7. The smallest absolute Gasteiger partial charge is 0.330 e.